The number of likely N-dealkylation sites (tertiary alicyclic amines) is 1. The van der Waals surface area contributed by atoms with Crippen LogP contribution in [-0.4, -0.2) is 170 Å². The summed E-state index contributed by atoms with van der Waals surface area (Å²) in [7, 11) is 0.799. The number of nitrogens with one attached hydrogen (secondary N) is 6. The zero-order valence-corrected chi connectivity index (χ0v) is 53.2. The maximum Gasteiger partial charge on any atom is 0.410 e. The fraction of sp³-hybridized carbons (Fsp3) is 0.565. The highest BCUT2D eigenvalue weighted by molar-refractivity contribution is 7.90. The van der Waals surface area contributed by atoms with Crippen LogP contribution >= 0.6 is 0 Å². The van der Waals surface area contributed by atoms with Gasteiger partial charge in [0.05, 0.1) is 24.1 Å². The van der Waals surface area contributed by atoms with E-state index < -0.39 is 86.7 Å². The summed E-state index contributed by atoms with van der Waals surface area (Å²) >= 11 is 0. The molecular formula is C62H89N11O13S. The zero-order valence-electron chi connectivity index (χ0n) is 52.4. The fourth-order valence-electron chi connectivity index (χ4n) is 10.4. The third-order valence-electron chi connectivity index (χ3n) is 15.5. The summed E-state index contributed by atoms with van der Waals surface area (Å²) in [5, 5.41) is 24.8. The van der Waals surface area contributed by atoms with Crippen molar-refractivity contribution in [3.05, 3.63) is 89.1 Å². The molecule has 24 nitrogen and oxygen atoms in total. The quantitative estimate of drug-likeness (QED) is 0.0511. The number of anilines is 1. The number of pyridine rings is 1. The topological polar surface area (TPSA) is 325 Å². The van der Waals surface area contributed by atoms with E-state index in [0.717, 1.165) is 30.7 Å². The third-order valence-corrected chi connectivity index (χ3v) is 16.5. The minimum atomic E-state index is -3.90. The molecule has 2 heterocycles. The summed E-state index contributed by atoms with van der Waals surface area (Å²) in [5.74, 6) is -4.52. The molecule has 1 aromatic heterocycles. The van der Waals surface area contributed by atoms with E-state index in [0.29, 0.717) is 37.1 Å². The van der Waals surface area contributed by atoms with Crippen molar-refractivity contribution in [1.29, 1.82) is 5.26 Å². The van der Waals surface area contributed by atoms with Crippen molar-refractivity contribution in [2.24, 2.45) is 17.8 Å². The summed E-state index contributed by atoms with van der Waals surface area (Å²) in [6.07, 6.45) is 2.82. The number of hydrogen-bond donors (Lipinski definition) is 6. The van der Waals surface area contributed by atoms with Crippen molar-refractivity contribution in [2.45, 2.75) is 174 Å². The first-order valence-corrected chi connectivity index (χ1v) is 31.4. The maximum absolute atomic E-state index is 14.5. The number of nitriles is 1. The second kappa shape index (κ2) is 33.8. The van der Waals surface area contributed by atoms with Gasteiger partial charge < -0.3 is 51.2 Å². The van der Waals surface area contributed by atoms with Gasteiger partial charge in [0, 0.05) is 71.2 Å². The number of hydrogen-bond acceptors (Lipinski definition) is 15. The van der Waals surface area contributed by atoms with Crippen molar-refractivity contribution >= 4 is 68.9 Å². The lowest BCUT2D eigenvalue weighted by atomic mass is 9.91. The van der Waals surface area contributed by atoms with Gasteiger partial charge in [0.25, 0.3) is 5.91 Å². The van der Waals surface area contributed by atoms with Crippen LogP contribution in [0.25, 0.3) is 0 Å². The van der Waals surface area contributed by atoms with E-state index in [2.05, 4.69) is 36.9 Å². The van der Waals surface area contributed by atoms with Gasteiger partial charge in [-0.2, -0.15) is 5.26 Å². The van der Waals surface area contributed by atoms with E-state index >= 15 is 0 Å². The molecule has 0 radical (unpaired) electrons. The highest BCUT2D eigenvalue weighted by Gasteiger charge is 2.39. The average molecular weight is 1230 g/mol. The molecule has 476 valence electrons. The molecule has 1 aliphatic rings. The van der Waals surface area contributed by atoms with E-state index in [1.165, 1.54) is 31.9 Å². The lowest BCUT2D eigenvalue weighted by Gasteiger charge is -2.38. The first-order chi connectivity index (χ1) is 41.0. The van der Waals surface area contributed by atoms with Crippen molar-refractivity contribution in [3.63, 3.8) is 0 Å². The van der Waals surface area contributed by atoms with Crippen LogP contribution in [0.4, 0.5) is 10.5 Å². The van der Waals surface area contributed by atoms with E-state index in [1.54, 1.807) is 63.2 Å². The van der Waals surface area contributed by atoms with Crippen LogP contribution in [0.2, 0.25) is 0 Å². The Morgan fingerprint density at radius 2 is 1.43 bits per heavy atom. The normalized spacial score (nSPS) is 15.9. The molecule has 1 aliphatic heterocycles. The van der Waals surface area contributed by atoms with Gasteiger partial charge in [-0.3, -0.25) is 43.3 Å². The lowest BCUT2D eigenvalue weighted by Crippen LogP contribution is -2.58. The average Bonchev–Trinajstić information content (AvgIpc) is 2.98. The van der Waals surface area contributed by atoms with Crippen LogP contribution < -0.4 is 31.9 Å². The fourth-order valence-corrected chi connectivity index (χ4v) is 11.2. The summed E-state index contributed by atoms with van der Waals surface area (Å²) in [4.78, 5) is 129. The van der Waals surface area contributed by atoms with Gasteiger partial charge in [-0.25, -0.2) is 18.2 Å². The number of amides is 9. The molecular weight excluding hydrogens is 1140 g/mol. The number of aromatic nitrogens is 1. The Morgan fingerprint density at radius 3 is 2.02 bits per heavy atom. The highest BCUT2D eigenvalue weighted by atomic mass is 32.2. The lowest BCUT2D eigenvalue weighted by molar-refractivity contribution is -0.142. The van der Waals surface area contributed by atoms with Gasteiger partial charge in [-0.1, -0.05) is 90.4 Å². The minimum absolute atomic E-state index is 0.00317. The zero-order chi connectivity index (χ0) is 64.9. The van der Waals surface area contributed by atoms with E-state index in [1.807, 2.05) is 69.9 Å². The maximum atomic E-state index is 14.5. The number of methoxy groups -OCH3 is 1. The Balaban J connectivity index is 1.26. The van der Waals surface area contributed by atoms with Gasteiger partial charge in [0.2, 0.25) is 41.4 Å². The molecule has 0 bridgehead atoms. The summed E-state index contributed by atoms with van der Waals surface area (Å²) < 4.78 is 35.5. The molecule has 2 aromatic carbocycles. The van der Waals surface area contributed by atoms with Crippen molar-refractivity contribution in [3.8, 4) is 6.07 Å². The molecule has 9 amide bonds. The van der Waals surface area contributed by atoms with E-state index in [9.17, 15) is 56.8 Å². The second-order valence-electron chi connectivity index (χ2n) is 23.1. The number of ether oxygens (including phenoxy) is 2. The molecule has 6 N–H and O–H groups in total. The van der Waals surface area contributed by atoms with Gasteiger partial charge in [0.1, 0.15) is 42.5 Å². The summed E-state index contributed by atoms with van der Waals surface area (Å²) in [5.41, 5.74) is 1.52. The molecule has 87 heavy (non-hydrogen) atoms. The number of benzene rings is 2. The molecule has 0 aliphatic carbocycles. The monoisotopic (exact) mass is 1230 g/mol. The summed E-state index contributed by atoms with van der Waals surface area (Å²) in [6, 6.07) is 15.5. The highest BCUT2D eigenvalue weighted by Crippen LogP contribution is 2.28. The largest absolute Gasteiger partial charge is 0.445 e. The van der Waals surface area contributed by atoms with Crippen LogP contribution in [0.1, 0.15) is 134 Å². The number of carbonyl (C=O) groups is 9. The van der Waals surface area contributed by atoms with Crippen LogP contribution in [0.3, 0.4) is 0 Å². The van der Waals surface area contributed by atoms with Crippen LogP contribution in [0, 0.1) is 29.1 Å². The van der Waals surface area contributed by atoms with E-state index in [-0.39, 0.29) is 91.4 Å². The van der Waals surface area contributed by atoms with Crippen molar-refractivity contribution in [1.82, 2.24) is 46.3 Å². The Bertz CT molecular complexity index is 3030. The number of nitrogens with zero attached hydrogens (tertiary/aromatic N) is 5. The second-order valence-corrected chi connectivity index (χ2v) is 25.0. The van der Waals surface area contributed by atoms with Gasteiger partial charge in [-0.05, 0) is 99.6 Å². The number of rotatable bonds is 31. The number of sulfone groups is 1. The Morgan fingerprint density at radius 1 is 0.770 bits per heavy atom. The van der Waals surface area contributed by atoms with Gasteiger partial charge >= 0.3 is 6.09 Å². The van der Waals surface area contributed by atoms with Crippen LogP contribution in [-0.2, 0) is 65.9 Å². The number of likely N-dealkylation sites (N-methyl/N-ethyl adjacent to an activating group) is 2. The Labute approximate surface area is 511 Å². The first kappa shape index (κ1) is 71.5. The molecule has 0 saturated carbocycles. The van der Waals surface area contributed by atoms with Crippen molar-refractivity contribution < 1.29 is 61.0 Å². The molecule has 5 unspecified atom stereocenters. The smallest absolute Gasteiger partial charge is 0.410 e. The van der Waals surface area contributed by atoms with Gasteiger partial charge in [-0.15, -0.1) is 0 Å². The van der Waals surface area contributed by atoms with Crippen LogP contribution in [0.15, 0.2) is 71.8 Å². The Hall–Kier alpha value is -7.98. The van der Waals surface area contributed by atoms with Gasteiger partial charge in [0.15, 0.2) is 14.9 Å². The molecule has 3 aromatic rings. The molecule has 25 heteroatoms. The standard InChI is InChI=1S/C62H89N11O13S/c1-14-39(6)48(28-29-53(76)73-32-18-21-49(73)50(85-12)34-52(75)65-40(7)33-43-19-16-15-17-20-43)71(10)61(81)54(37(2)3)70-59(80)55(38(4)5)72(11)62(82)86-36-44-22-25-46(26-23-44)68-57(78)42(9)67-56(77)41(8)66-51(74)30-31-64-58(79)47-27-24-45(35-63)60(69-47)87(13,83)84/h15-17,19-20,22-27,37-42,48-50,54-55H,14,18,21,28-34,36H2,1-13H3,(H,64,79)(H,65,75)(H,66,74)(H,67,77)(H,68,78)(H,70,80)/t39-,40+,41-,42?,48+,49?,50?,54?,55?/m0/s1. The number of carbonyl (C=O) groups excluding carboxylic acids is 9. The third kappa shape index (κ3) is 21.4. The minimum Gasteiger partial charge on any atom is -0.445 e. The predicted octanol–water partition coefficient (Wildman–Crippen LogP) is 4.66. The molecule has 1 saturated heterocycles. The first-order valence-electron chi connectivity index (χ1n) is 29.5. The molecule has 0 spiro atoms. The van der Waals surface area contributed by atoms with E-state index in [4.69, 9.17) is 9.47 Å². The summed E-state index contributed by atoms with van der Waals surface area (Å²) in [6.45, 7) is 16.2. The Kier molecular flexibility index (Phi) is 27.8. The van der Waals surface area contributed by atoms with Crippen LogP contribution in [0.5, 0.6) is 0 Å². The molecule has 1 fully saturated rings. The molecule has 9 atom stereocenters. The van der Waals surface area contributed by atoms with Crippen molar-refractivity contribution in [2.75, 3.05) is 45.9 Å². The molecule has 4 rings (SSSR count). The SMILES string of the molecule is CC[C@H](C)[C@@H](CCC(=O)N1CCCC1C(CC(=O)N[C@H](C)Cc1ccccc1)OC)N(C)C(=O)C(NC(=O)C(C(C)C)N(C)C(=O)OCc1ccc(NC(=O)C(C)NC(=O)[C@H](C)NC(=O)CCNC(=O)c2ccc(C#N)c(S(C)(=O)=O)n2)cc1)C(C)C. The predicted molar refractivity (Wildman–Crippen MR) is 326 cm³/mol.